The summed E-state index contributed by atoms with van der Waals surface area (Å²) in [5, 5.41) is 13.0. The lowest BCUT2D eigenvalue weighted by molar-refractivity contribution is -0.131. The third-order valence-electron chi connectivity index (χ3n) is 5.58. The molecule has 4 rings (SSSR count). The van der Waals surface area contributed by atoms with Crippen molar-refractivity contribution in [1.29, 1.82) is 5.26 Å². The fourth-order valence-corrected chi connectivity index (χ4v) is 3.76. The number of methoxy groups -OCH3 is 1. The predicted molar refractivity (Wildman–Crippen MR) is 119 cm³/mol. The van der Waals surface area contributed by atoms with Crippen molar-refractivity contribution in [1.82, 2.24) is 15.0 Å². The number of aryl methyl sites for hydroxylation is 1. The summed E-state index contributed by atoms with van der Waals surface area (Å²) in [7, 11) is 1.62. The zero-order valence-electron chi connectivity index (χ0n) is 18.0. The minimum Gasteiger partial charge on any atom is -0.497 e. The van der Waals surface area contributed by atoms with E-state index in [4.69, 9.17) is 14.5 Å². The van der Waals surface area contributed by atoms with Gasteiger partial charge in [-0.2, -0.15) is 10.2 Å². The van der Waals surface area contributed by atoms with Crippen molar-refractivity contribution in [2.45, 2.75) is 19.3 Å². The van der Waals surface area contributed by atoms with Crippen molar-refractivity contribution in [2.24, 2.45) is 0 Å². The van der Waals surface area contributed by atoms with E-state index >= 15 is 0 Å². The van der Waals surface area contributed by atoms with Gasteiger partial charge in [0.05, 0.1) is 18.7 Å². The molecule has 1 amide bonds. The molecule has 0 saturated carbocycles. The SMILES string of the molecule is COc1ccc(-c2noc(CCC(=O)N3CCCN(c4ccc(C#N)cc4)CC3)n2)cc1. The number of nitrogens with zero attached hydrogens (tertiary/aromatic N) is 5. The first-order valence-electron chi connectivity index (χ1n) is 10.7. The van der Waals surface area contributed by atoms with Gasteiger partial charge in [-0.05, 0) is 55.0 Å². The van der Waals surface area contributed by atoms with Gasteiger partial charge >= 0.3 is 0 Å². The molecular weight excluding hydrogens is 406 g/mol. The van der Waals surface area contributed by atoms with Crippen LogP contribution in [0.4, 0.5) is 5.69 Å². The summed E-state index contributed by atoms with van der Waals surface area (Å²) in [6.45, 7) is 3.04. The van der Waals surface area contributed by atoms with Crippen molar-refractivity contribution in [3.63, 3.8) is 0 Å². The summed E-state index contributed by atoms with van der Waals surface area (Å²) >= 11 is 0. The Morgan fingerprint density at radius 2 is 1.88 bits per heavy atom. The lowest BCUT2D eigenvalue weighted by Crippen LogP contribution is -2.35. The highest BCUT2D eigenvalue weighted by Crippen LogP contribution is 2.21. The van der Waals surface area contributed by atoms with E-state index in [1.165, 1.54) is 0 Å². The number of rotatable bonds is 6. The van der Waals surface area contributed by atoms with Gasteiger partial charge in [0.1, 0.15) is 5.75 Å². The number of anilines is 1. The Balaban J connectivity index is 1.29. The molecule has 2 aromatic carbocycles. The molecule has 1 saturated heterocycles. The average Bonchev–Trinajstić information content (AvgIpc) is 3.18. The Labute approximate surface area is 187 Å². The number of amides is 1. The fourth-order valence-electron chi connectivity index (χ4n) is 3.76. The molecule has 1 aliphatic heterocycles. The van der Waals surface area contributed by atoms with Crippen LogP contribution < -0.4 is 9.64 Å². The van der Waals surface area contributed by atoms with Crippen LogP contribution in [0.2, 0.25) is 0 Å². The van der Waals surface area contributed by atoms with Crippen LogP contribution in [-0.2, 0) is 11.2 Å². The number of carbonyl (C=O) groups excluding carboxylic acids is 1. The number of ether oxygens (including phenoxy) is 1. The van der Waals surface area contributed by atoms with E-state index in [9.17, 15) is 4.79 Å². The highest BCUT2D eigenvalue weighted by molar-refractivity contribution is 5.76. The van der Waals surface area contributed by atoms with E-state index in [0.717, 1.165) is 43.1 Å². The molecule has 0 atom stereocenters. The molecule has 8 heteroatoms. The van der Waals surface area contributed by atoms with Gasteiger partial charge in [-0.3, -0.25) is 4.79 Å². The van der Waals surface area contributed by atoms with E-state index < -0.39 is 0 Å². The first-order chi connectivity index (χ1) is 15.7. The largest absolute Gasteiger partial charge is 0.497 e. The van der Waals surface area contributed by atoms with Gasteiger partial charge in [0.15, 0.2) is 0 Å². The predicted octanol–water partition coefficient (Wildman–Crippen LogP) is 3.29. The molecule has 32 heavy (non-hydrogen) atoms. The van der Waals surface area contributed by atoms with Crippen LogP contribution in [-0.4, -0.2) is 54.2 Å². The van der Waals surface area contributed by atoms with E-state index in [1.807, 2.05) is 53.4 Å². The third kappa shape index (κ3) is 5.06. The van der Waals surface area contributed by atoms with Crippen LogP contribution in [0.5, 0.6) is 5.75 Å². The molecule has 2 heterocycles. The van der Waals surface area contributed by atoms with Gasteiger partial charge in [0.2, 0.25) is 17.6 Å². The molecule has 1 aliphatic rings. The van der Waals surface area contributed by atoms with Gasteiger partial charge in [0, 0.05) is 50.3 Å². The van der Waals surface area contributed by atoms with E-state index in [1.54, 1.807) is 7.11 Å². The molecule has 1 fully saturated rings. The van der Waals surface area contributed by atoms with Crippen LogP contribution in [0.1, 0.15) is 24.3 Å². The molecule has 0 aliphatic carbocycles. The molecule has 8 nitrogen and oxygen atoms in total. The molecule has 0 N–H and O–H groups in total. The van der Waals surface area contributed by atoms with Crippen molar-refractivity contribution in [3.8, 4) is 23.2 Å². The van der Waals surface area contributed by atoms with E-state index in [-0.39, 0.29) is 5.91 Å². The van der Waals surface area contributed by atoms with E-state index in [2.05, 4.69) is 21.1 Å². The number of hydrogen-bond acceptors (Lipinski definition) is 7. The third-order valence-corrected chi connectivity index (χ3v) is 5.58. The van der Waals surface area contributed by atoms with Crippen LogP contribution in [0, 0.1) is 11.3 Å². The second kappa shape index (κ2) is 9.96. The summed E-state index contributed by atoms with van der Waals surface area (Å²) in [6, 6.07) is 17.1. The van der Waals surface area contributed by atoms with Gasteiger partial charge in [0.25, 0.3) is 0 Å². The van der Waals surface area contributed by atoms with Crippen molar-refractivity contribution >= 4 is 11.6 Å². The van der Waals surface area contributed by atoms with Gasteiger partial charge in [-0.1, -0.05) is 5.16 Å². The van der Waals surface area contributed by atoms with Crippen molar-refractivity contribution in [3.05, 3.63) is 60.0 Å². The lowest BCUT2D eigenvalue weighted by Gasteiger charge is -2.23. The highest BCUT2D eigenvalue weighted by atomic mass is 16.5. The minimum absolute atomic E-state index is 0.0934. The maximum atomic E-state index is 12.8. The second-order valence-electron chi connectivity index (χ2n) is 7.62. The Morgan fingerprint density at radius 1 is 1.09 bits per heavy atom. The highest BCUT2D eigenvalue weighted by Gasteiger charge is 2.20. The second-order valence-corrected chi connectivity index (χ2v) is 7.62. The lowest BCUT2D eigenvalue weighted by atomic mass is 10.2. The molecular formula is C24H25N5O3. The van der Waals surface area contributed by atoms with Gasteiger partial charge in [-0.15, -0.1) is 0 Å². The van der Waals surface area contributed by atoms with Gasteiger partial charge in [-0.25, -0.2) is 0 Å². The molecule has 0 unspecified atom stereocenters. The smallest absolute Gasteiger partial charge is 0.227 e. The summed E-state index contributed by atoms with van der Waals surface area (Å²) < 4.78 is 10.5. The fraction of sp³-hybridized carbons (Fsp3) is 0.333. The quantitative estimate of drug-likeness (QED) is 0.591. The number of hydrogen-bond donors (Lipinski definition) is 0. The number of carbonyl (C=O) groups is 1. The molecule has 164 valence electrons. The molecule has 0 spiro atoms. The van der Waals surface area contributed by atoms with Crippen LogP contribution in [0.3, 0.4) is 0 Å². The van der Waals surface area contributed by atoms with Crippen LogP contribution in [0.25, 0.3) is 11.4 Å². The molecule has 3 aromatic rings. The zero-order chi connectivity index (χ0) is 22.3. The maximum absolute atomic E-state index is 12.8. The Morgan fingerprint density at radius 3 is 2.59 bits per heavy atom. The van der Waals surface area contributed by atoms with Crippen molar-refractivity contribution in [2.75, 3.05) is 38.2 Å². The summed E-state index contributed by atoms with van der Waals surface area (Å²) in [5.41, 5.74) is 2.56. The average molecular weight is 431 g/mol. The molecule has 1 aromatic heterocycles. The van der Waals surface area contributed by atoms with E-state index in [0.29, 0.717) is 36.7 Å². The first kappa shape index (κ1) is 21.4. The summed E-state index contributed by atoms with van der Waals surface area (Å²) in [6.07, 6.45) is 1.65. The Bertz CT molecular complexity index is 1090. The summed E-state index contributed by atoms with van der Waals surface area (Å²) in [4.78, 5) is 21.3. The topological polar surface area (TPSA) is 95.5 Å². The van der Waals surface area contributed by atoms with Crippen molar-refractivity contribution < 1.29 is 14.1 Å². The standard InChI is InChI=1S/C24H25N5O3/c1-31-21-9-5-19(6-10-21)24-26-22(32-27-24)11-12-23(30)29-14-2-13-28(15-16-29)20-7-3-18(17-25)4-8-20/h3-10H,2,11-16H2,1H3. The molecule has 0 bridgehead atoms. The minimum atomic E-state index is 0.0934. The van der Waals surface area contributed by atoms with Crippen LogP contribution >= 0.6 is 0 Å². The monoisotopic (exact) mass is 431 g/mol. The zero-order valence-corrected chi connectivity index (χ0v) is 18.0. The Hall–Kier alpha value is -3.86. The number of aromatic nitrogens is 2. The Kier molecular flexibility index (Phi) is 6.66. The molecule has 0 radical (unpaired) electrons. The van der Waals surface area contributed by atoms with Crippen LogP contribution in [0.15, 0.2) is 53.1 Å². The normalized spacial score (nSPS) is 14.0. The first-order valence-corrected chi connectivity index (χ1v) is 10.7. The number of benzene rings is 2. The summed E-state index contributed by atoms with van der Waals surface area (Å²) in [5.74, 6) is 1.82. The van der Waals surface area contributed by atoms with Gasteiger partial charge < -0.3 is 19.1 Å². The maximum Gasteiger partial charge on any atom is 0.227 e. The number of nitriles is 1.